The van der Waals surface area contributed by atoms with Gasteiger partial charge in [-0.25, -0.2) is 4.98 Å². The van der Waals surface area contributed by atoms with Gasteiger partial charge >= 0.3 is 0 Å². The van der Waals surface area contributed by atoms with E-state index in [1.54, 1.807) is 0 Å². The lowest BCUT2D eigenvalue weighted by atomic mass is 10.1. The van der Waals surface area contributed by atoms with Gasteiger partial charge in [0.1, 0.15) is 5.82 Å². The van der Waals surface area contributed by atoms with Crippen molar-refractivity contribution in [2.24, 2.45) is 0 Å². The van der Waals surface area contributed by atoms with Crippen LogP contribution in [0.2, 0.25) is 5.02 Å². The van der Waals surface area contributed by atoms with E-state index >= 15 is 0 Å². The number of aryl methyl sites for hydroxylation is 1. The molecular formula is C18H22ClN3O. The molecule has 1 atom stereocenters. The molecule has 3 rings (SSSR count). The van der Waals surface area contributed by atoms with Gasteiger partial charge in [-0.15, -0.1) is 0 Å². The van der Waals surface area contributed by atoms with Crippen molar-refractivity contribution in [3.63, 3.8) is 0 Å². The molecule has 1 amide bonds. The molecule has 122 valence electrons. The predicted molar refractivity (Wildman–Crippen MR) is 92.6 cm³/mol. The first-order valence-corrected chi connectivity index (χ1v) is 8.51. The first-order chi connectivity index (χ1) is 11.0. The number of carbonyl (C=O) groups excluding carboxylic acids is 1. The summed E-state index contributed by atoms with van der Waals surface area (Å²) in [5, 5.41) is 0.719. The Kier molecular flexibility index (Phi) is 4.44. The number of H-pyrrole nitrogens is 1. The van der Waals surface area contributed by atoms with E-state index < -0.39 is 0 Å². The van der Waals surface area contributed by atoms with E-state index in [1.165, 1.54) is 0 Å². The monoisotopic (exact) mass is 331 g/mol. The fraction of sp³-hybridized carbons (Fsp3) is 0.444. The Morgan fingerprint density at radius 3 is 2.61 bits per heavy atom. The first-order valence-electron chi connectivity index (χ1n) is 8.13. The number of rotatable bonds is 4. The summed E-state index contributed by atoms with van der Waals surface area (Å²) in [6, 6.07) is 7.97. The van der Waals surface area contributed by atoms with Crippen LogP contribution in [0, 0.1) is 0 Å². The standard InChI is InChI=1S/C18H22ClN3O/c1-4-15-17(12-5-7-14(19)8-6-12)21-18(20-15)13-9-16(23)22(10-13)11(2)3/h5-8,11,13H,4,9-10H2,1-3H3,(H,20,21)/t13-/m0/s1. The molecular weight excluding hydrogens is 310 g/mol. The van der Waals surface area contributed by atoms with Crippen LogP contribution < -0.4 is 0 Å². The van der Waals surface area contributed by atoms with E-state index in [-0.39, 0.29) is 17.9 Å². The topological polar surface area (TPSA) is 49.0 Å². The second kappa shape index (κ2) is 6.36. The number of hydrogen-bond acceptors (Lipinski definition) is 2. The summed E-state index contributed by atoms with van der Waals surface area (Å²) in [7, 11) is 0. The Hall–Kier alpha value is -1.81. The Labute approximate surface area is 141 Å². The van der Waals surface area contributed by atoms with Crippen LogP contribution in [0.4, 0.5) is 0 Å². The molecule has 1 fully saturated rings. The summed E-state index contributed by atoms with van der Waals surface area (Å²) in [5.41, 5.74) is 3.13. The average molecular weight is 332 g/mol. The van der Waals surface area contributed by atoms with Crippen molar-refractivity contribution < 1.29 is 4.79 Å². The third-order valence-electron chi connectivity index (χ3n) is 4.44. The molecule has 1 aromatic carbocycles. The van der Waals surface area contributed by atoms with Crippen molar-refractivity contribution in [3.8, 4) is 11.3 Å². The Balaban J connectivity index is 1.91. The molecule has 5 heteroatoms. The molecule has 0 saturated carbocycles. The maximum atomic E-state index is 12.1. The summed E-state index contributed by atoms with van der Waals surface area (Å²) in [6.07, 6.45) is 1.41. The van der Waals surface area contributed by atoms with Crippen molar-refractivity contribution >= 4 is 17.5 Å². The van der Waals surface area contributed by atoms with Crippen LogP contribution in [0.1, 0.15) is 44.6 Å². The minimum atomic E-state index is 0.149. The lowest BCUT2D eigenvalue weighted by Gasteiger charge is -2.20. The SMILES string of the molecule is CCc1[nH]c([C@H]2CC(=O)N(C(C)C)C2)nc1-c1ccc(Cl)cc1. The lowest BCUT2D eigenvalue weighted by Crippen LogP contribution is -2.31. The summed E-state index contributed by atoms with van der Waals surface area (Å²) in [4.78, 5) is 22.3. The number of aromatic nitrogens is 2. The number of carbonyl (C=O) groups is 1. The maximum Gasteiger partial charge on any atom is 0.223 e. The molecule has 0 unspecified atom stereocenters. The highest BCUT2D eigenvalue weighted by molar-refractivity contribution is 6.30. The third kappa shape index (κ3) is 3.13. The van der Waals surface area contributed by atoms with Crippen LogP contribution in [0.15, 0.2) is 24.3 Å². The summed E-state index contributed by atoms with van der Waals surface area (Å²) in [5.74, 6) is 1.28. The predicted octanol–water partition coefficient (Wildman–Crippen LogP) is 4.02. The number of amides is 1. The molecule has 1 aliphatic heterocycles. The summed E-state index contributed by atoms with van der Waals surface area (Å²) in [6.45, 7) is 6.96. The minimum absolute atomic E-state index is 0.149. The lowest BCUT2D eigenvalue weighted by molar-refractivity contribution is -0.129. The van der Waals surface area contributed by atoms with E-state index in [2.05, 4.69) is 25.8 Å². The van der Waals surface area contributed by atoms with Crippen LogP contribution in [-0.4, -0.2) is 33.4 Å². The molecule has 2 aromatic rings. The number of imidazole rings is 1. The number of nitrogens with zero attached hydrogens (tertiary/aromatic N) is 2. The van der Waals surface area contributed by atoms with Gasteiger partial charge in [-0.05, 0) is 32.4 Å². The van der Waals surface area contributed by atoms with E-state index in [4.69, 9.17) is 16.6 Å². The van der Waals surface area contributed by atoms with Crippen LogP contribution in [0.3, 0.4) is 0 Å². The minimum Gasteiger partial charge on any atom is -0.345 e. The van der Waals surface area contributed by atoms with Crippen LogP contribution in [0.25, 0.3) is 11.3 Å². The molecule has 2 heterocycles. The number of hydrogen-bond donors (Lipinski definition) is 1. The normalized spacial score (nSPS) is 18.2. The fourth-order valence-electron chi connectivity index (χ4n) is 3.14. The third-order valence-corrected chi connectivity index (χ3v) is 4.69. The number of halogens is 1. The molecule has 1 aliphatic rings. The van der Waals surface area contributed by atoms with Gasteiger partial charge in [-0.3, -0.25) is 4.79 Å². The maximum absolute atomic E-state index is 12.1. The first kappa shape index (κ1) is 16.1. The zero-order valence-corrected chi connectivity index (χ0v) is 14.5. The molecule has 4 nitrogen and oxygen atoms in total. The highest BCUT2D eigenvalue weighted by Gasteiger charge is 2.34. The van der Waals surface area contributed by atoms with E-state index in [0.717, 1.165) is 40.8 Å². The van der Waals surface area contributed by atoms with E-state index in [1.807, 2.05) is 29.2 Å². The van der Waals surface area contributed by atoms with Crippen molar-refractivity contribution in [2.45, 2.75) is 45.6 Å². The average Bonchev–Trinajstić information content (AvgIpc) is 3.11. The highest BCUT2D eigenvalue weighted by Crippen LogP contribution is 2.31. The van der Waals surface area contributed by atoms with Crippen LogP contribution >= 0.6 is 11.6 Å². The number of aromatic amines is 1. The van der Waals surface area contributed by atoms with Crippen molar-refractivity contribution in [2.75, 3.05) is 6.54 Å². The molecule has 1 saturated heterocycles. The molecule has 0 aliphatic carbocycles. The molecule has 1 aromatic heterocycles. The molecule has 0 bridgehead atoms. The van der Waals surface area contributed by atoms with Crippen molar-refractivity contribution in [1.29, 1.82) is 0 Å². The van der Waals surface area contributed by atoms with Gasteiger partial charge in [0.2, 0.25) is 5.91 Å². The van der Waals surface area contributed by atoms with Gasteiger partial charge in [0.05, 0.1) is 5.69 Å². The Morgan fingerprint density at radius 2 is 2.04 bits per heavy atom. The zero-order chi connectivity index (χ0) is 16.6. The highest BCUT2D eigenvalue weighted by atomic mass is 35.5. The number of benzene rings is 1. The molecule has 1 N–H and O–H groups in total. The Bertz CT molecular complexity index is 706. The molecule has 0 spiro atoms. The van der Waals surface area contributed by atoms with E-state index in [0.29, 0.717) is 6.42 Å². The summed E-state index contributed by atoms with van der Waals surface area (Å²) < 4.78 is 0. The van der Waals surface area contributed by atoms with Gasteiger partial charge in [-0.2, -0.15) is 0 Å². The summed E-state index contributed by atoms with van der Waals surface area (Å²) >= 11 is 5.97. The zero-order valence-electron chi connectivity index (χ0n) is 13.8. The number of nitrogens with one attached hydrogen (secondary N) is 1. The second-order valence-corrected chi connectivity index (χ2v) is 6.79. The quantitative estimate of drug-likeness (QED) is 0.920. The van der Waals surface area contributed by atoms with E-state index in [9.17, 15) is 4.79 Å². The molecule has 0 radical (unpaired) electrons. The van der Waals surface area contributed by atoms with Crippen molar-refractivity contribution in [3.05, 3.63) is 40.8 Å². The largest absolute Gasteiger partial charge is 0.345 e. The van der Waals surface area contributed by atoms with Crippen LogP contribution in [0.5, 0.6) is 0 Å². The van der Waals surface area contributed by atoms with Crippen LogP contribution in [-0.2, 0) is 11.2 Å². The number of likely N-dealkylation sites (tertiary alicyclic amines) is 1. The van der Waals surface area contributed by atoms with Gasteiger partial charge < -0.3 is 9.88 Å². The van der Waals surface area contributed by atoms with Gasteiger partial charge in [0, 0.05) is 41.2 Å². The second-order valence-electron chi connectivity index (χ2n) is 6.35. The van der Waals surface area contributed by atoms with Gasteiger partial charge in [-0.1, -0.05) is 30.7 Å². The Morgan fingerprint density at radius 1 is 1.35 bits per heavy atom. The fourth-order valence-corrected chi connectivity index (χ4v) is 3.27. The smallest absolute Gasteiger partial charge is 0.223 e. The van der Waals surface area contributed by atoms with Gasteiger partial charge in [0.15, 0.2) is 0 Å². The van der Waals surface area contributed by atoms with Crippen molar-refractivity contribution in [1.82, 2.24) is 14.9 Å². The van der Waals surface area contributed by atoms with Gasteiger partial charge in [0.25, 0.3) is 0 Å². The molecule has 23 heavy (non-hydrogen) atoms.